The fraction of sp³-hybridized carbons (Fsp3) is 0.444. The number of ketones is 1. The van der Waals surface area contributed by atoms with E-state index in [9.17, 15) is 9.90 Å². The van der Waals surface area contributed by atoms with Gasteiger partial charge in [-0.25, -0.2) is 0 Å². The van der Waals surface area contributed by atoms with Gasteiger partial charge in [-0.15, -0.1) is 0 Å². The zero-order valence-electron chi connectivity index (χ0n) is 14.9. The predicted octanol–water partition coefficient (Wildman–Crippen LogP) is 2.33. The van der Waals surface area contributed by atoms with Crippen molar-refractivity contribution in [3.63, 3.8) is 0 Å². The Kier molecular flexibility index (Phi) is 3.71. The smallest absolute Gasteiger partial charge is 0.217 e. The first-order chi connectivity index (χ1) is 12.3. The summed E-state index contributed by atoms with van der Waals surface area (Å²) in [6.45, 7) is 1.86. The third kappa shape index (κ3) is 1.98. The van der Waals surface area contributed by atoms with Gasteiger partial charge in [-0.2, -0.15) is 5.10 Å². The third-order valence-electron chi connectivity index (χ3n) is 5.31. The third-order valence-corrected chi connectivity index (χ3v) is 5.67. The molecule has 138 valence electrons. The quantitative estimate of drug-likeness (QED) is 0.863. The van der Waals surface area contributed by atoms with Crippen molar-refractivity contribution in [1.82, 2.24) is 9.78 Å². The van der Waals surface area contributed by atoms with Gasteiger partial charge in [0.1, 0.15) is 28.2 Å². The summed E-state index contributed by atoms with van der Waals surface area (Å²) in [5.74, 6) is 0.174. The monoisotopic (exact) mass is 378 g/mol. The molecule has 26 heavy (non-hydrogen) atoms. The van der Waals surface area contributed by atoms with Crippen LogP contribution in [-0.4, -0.2) is 40.5 Å². The minimum Gasteiger partial charge on any atom is -0.496 e. The maximum absolute atomic E-state index is 13.5. The van der Waals surface area contributed by atoms with Crippen molar-refractivity contribution in [1.29, 1.82) is 0 Å². The number of aryl methyl sites for hydroxylation is 1. The number of fused-ring (bicyclic) bond motifs is 2. The Morgan fingerprint density at radius 3 is 2.73 bits per heavy atom. The summed E-state index contributed by atoms with van der Waals surface area (Å²) in [4.78, 5) is 13.5. The lowest BCUT2D eigenvalue weighted by atomic mass is 9.70. The Morgan fingerprint density at radius 2 is 2.08 bits per heavy atom. The second kappa shape index (κ2) is 5.62. The molecule has 0 saturated carbocycles. The van der Waals surface area contributed by atoms with Gasteiger partial charge in [-0.3, -0.25) is 9.48 Å². The van der Waals surface area contributed by atoms with Gasteiger partial charge in [0.25, 0.3) is 0 Å². The zero-order valence-corrected chi connectivity index (χ0v) is 15.6. The number of rotatable bonds is 2. The van der Waals surface area contributed by atoms with E-state index in [2.05, 4.69) is 5.10 Å². The van der Waals surface area contributed by atoms with Crippen molar-refractivity contribution in [2.24, 2.45) is 13.0 Å². The maximum atomic E-state index is 13.5. The molecule has 7 nitrogen and oxygen atoms in total. The normalized spacial score (nSPS) is 26.5. The van der Waals surface area contributed by atoms with Crippen molar-refractivity contribution in [2.75, 3.05) is 14.2 Å². The van der Waals surface area contributed by atoms with Gasteiger partial charge >= 0.3 is 0 Å². The molecule has 1 aromatic heterocycles. The molecular formula is C18H19ClN2O5. The molecule has 4 rings (SSSR count). The van der Waals surface area contributed by atoms with Gasteiger partial charge in [0, 0.05) is 30.8 Å². The second-order valence-electron chi connectivity index (χ2n) is 6.74. The average Bonchev–Trinajstić information content (AvgIpc) is 3.13. The highest BCUT2D eigenvalue weighted by atomic mass is 35.5. The number of carbonyl (C=O) groups is 1. The minimum atomic E-state index is -1.47. The van der Waals surface area contributed by atoms with Crippen LogP contribution in [0.3, 0.4) is 0 Å². The van der Waals surface area contributed by atoms with Crippen LogP contribution in [0.25, 0.3) is 0 Å². The summed E-state index contributed by atoms with van der Waals surface area (Å²) in [5.41, 5.74) is 0.119. The van der Waals surface area contributed by atoms with E-state index in [1.54, 1.807) is 24.0 Å². The number of aliphatic hydroxyl groups is 1. The molecule has 1 unspecified atom stereocenters. The van der Waals surface area contributed by atoms with E-state index in [1.165, 1.54) is 14.2 Å². The van der Waals surface area contributed by atoms with E-state index in [4.69, 9.17) is 25.8 Å². The van der Waals surface area contributed by atoms with Crippen molar-refractivity contribution in [3.8, 4) is 17.2 Å². The van der Waals surface area contributed by atoms with Crippen LogP contribution in [0.4, 0.5) is 0 Å². The van der Waals surface area contributed by atoms with E-state index >= 15 is 0 Å². The summed E-state index contributed by atoms with van der Waals surface area (Å²) in [6, 6.07) is 1.55. The number of hydrogen-bond donors (Lipinski definition) is 1. The Balaban J connectivity index is 1.92. The number of methoxy groups -OCH3 is 2. The molecule has 2 aliphatic rings. The predicted molar refractivity (Wildman–Crippen MR) is 93.3 cm³/mol. The van der Waals surface area contributed by atoms with Crippen LogP contribution in [0, 0.1) is 5.92 Å². The number of hydrogen-bond acceptors (Lipinski definition) is 6. The van der Waals surface area contributed by atoms with Gasteiger partial charge in [-0.1, -0.05) is 18.5 Å². The Bertz CT molecular complexity index is 925. The first-order valence-electron chi connectivity index (χ1n) is 8.23. The van der Waals surface area contributed by atoms with Crippen LogP contribution in [-0.2, 0) is 13.5 Å². The Labute approximate surface area is 155 Å². The van der Waals surface area contributed by atoms with E-state index in [0.717, 1.165) is 5.69 Å². The molecule has 1 N–H and O–H groups in total. The second-order valence-corrected chi connectivity index (χ2v) is 7.11. The lowest BCUT2D eigenvalue weighted by Crippen LogP contribution is -2.54. The SMILES string of the molecule is COc1cc(OC)c2c(c1Cl)O[C@]1(C2=O)C(O)c2cn(C)nc2C[C@H]1C. The highest BCUT2D eigenvalue weighted by Crippen LogP contribution is 2.56. The molecule has 0 bridgehead atoms. The van der Waals surface area contributed by atoms with Gasteiger partial charge in [-0.05, 0) is 6.42 Å². The summed E-state index contributed by atoms with van der Waals surface area (Å²) < 4.78 is 18.4. The number of aliphatic hydroxyl groups excluding tert-OH is 1. The lowest BCUT2D eigenvalue weighted by Gasteiger charge is -2.40. The molecular weight excluding hydrogens is 360 g/mol. The van der Waals surface area contributed by atoms with Gasteiger partial charge in [0.15, 0.2) is 5.75 Å². The van der Waals surface area contributed by atoms with Gasteiger partial charge in [0.2, 0.25) is 11.4 Å². The fourth-order valence-corrected chi connectivity index (χ4v) is 4.27. The molecule has 2 heterocycles. The largest absolute Gasteiger partial charge is 0.496 e. The van der Waals surface area contributed by atoms with E-state index in [1.807, 2.05) is 6.92 Å². The van der Waals surface area contributed by atoms with Crippen LogP contribution >= 0.6 is 11.6 Å². The number of aromatic nitrogens is 2. The van der Waals surface area contributed by atoms with Gasteiger partial charge in [0.05, 0.1) is 19.9 Å². The van der Waals surface area contributed by atoms with E-state index in [-0.39, 0.29) is 28.0 Å². The highest BCUT2D eigenvalue weighted by molar-refractivity contribution is 6.35. The first-order valence-corrected chi connectivity index (χ1v) is 8.61. The molecule has 3 atom stereocenters. The molecule has 0 saturated heterocycles. The van der Waals surface area contributed by atoms with Crippen LogP contribution in [0.5, 0.6) is 17.2 Å². The Hall–Kier alpha value is -2.25. The standard InChI is InChI=1S/C18H19ClN2O5/c1-8-5-10-9(7-21(2)20-10)16(22)18(8)17(23)13-11(24-3)6-12(25-4)14(19)15(13)26-18/h6-8,16,22H,5H2,1-4H3/t8-,16?,18+/m1/s1. The molecule has 1 spiro atoms. The molecule has 2 aromatic rings. The summed E-state index contributed by atoms with van der Waals surface area (Å²) >= 11 is 6.39. The zero-order chi connectivity index (χ0) is 18.8. The lowest BCUT2D eigenvalue weighted by molar-refractivity contribution is -0.0637. The number of carbonyl (C=O) groups excluding carboxylic acids is 1. The summed E-state index contributed by atoms with van der Waals surface area (Å²) in [7, 11) is 4.71. The molecule has 8 heteroatoms. The van der Waals surface area contributed by atoms with Crippen molar-refractivity contribution < 1.29 is 24.1 Å². The number of halogens is 1. The first kappa shape index (κ1) is 17.2. The van der Waals surface area contributed by atoms with Crippen molar-refractivity contribution in [3.05, 3.63) is 34.1 Å². The fourth-order valence-electron chi connectivity index (χ4n) is 4.01. The number of benzene rings is 1. The molecule has 1 aliphatic heterocycles. The molecule has 1 aromatic carbocycles. The van der Waals surface area contributed by atoms with Crippen LogP contribution < -0.4 is 14.2 Å². The molecule has 0 fully saturated rings. The van der Waals surface area contributed by atoms with Crippen molar-refractivity contribution >= 4 is 17.4 Å². The highest BCUT2D eigenvalue weighted by Gasteiger charge is 2.61. The minimum absolute atomic E-state index is 0.185. The average molecular weight is 379 g/mol. The topological polar surface area (TPSA) is 82.8 Å². The molecule has 0 amide bonds. The summed E-state index contributed by atoms with van der Waals surface area (Å²) in [6.07, 6.45) is 1.05. The summed E-state index contributed by atoms with van der Waals surface area (Å²) in [5, 5.41) is 15.7. The van der Waals surface area contributed by atoms with Crippen LogP contribution in [0.2, 0.25) is 5.02 Å². The van der Waals surface area contributed by atoms with Crippen molar-refractivity contribution in [2.45, 2.75) is 25.0 Å². The van der Waals surface area contributed by atoms with Crippen LogP contribution in [0.1, 0.15) is 34.6 Å². The molecule has 1 aliphatic carbocycles. The molecule has 0 radical (unpaired) electrons. The Morgan fingerprint density at radius 1 is 1.38 bits per heavy atom. The van der Waals surface area contributed by atoms with E-state index < -0.39 is 11.7 Å². The maximum Gasteiger partial charge on any atom is 0.217 e. The number of Topliss-reactive ketones (excluding diaryl/α,β-unsaturated/α-hetero) is 1. The number of nitrogens with zero attached hydrogens (tertiary/aromatic N) is 2. The van der Waals surface area contributed by atoms with E-state index in [0.29, 0.717) is 23.5 Å². The van der Waals surface area contributed by atoms with Gasteiger partial charge < -0.3 is 19.3 Å². The van der Waals surface area contributed by atoms with Crippen LogP contribution in [0.15, 0.2) is 12.3 Å². The number of ether oxygens (including phenoxy) is 3.